The molecule has 0 bridgehead atoms. The average Bonchev–Trinajstić information content (AvgIpc) is 3.11. The molecule has 0 saturated carbocycles. The first-order valence-corrected chi connectivity index (χ1v) is 7.29. The second kappa shape index (κ2) is 6.78. The van der Waals surface area contributed by atoms with Gasteiger partial charge < -0.3 is 9.63 Å². The third-order valence-corrected chi connectivity index (χ3v) is 3.41. The first kappa shape index (κ1) is 15.5. The number of aromatic hydroxyl groups is 1. The van der Waals surface area contributed by atoms with Crippen molar-refractivity contribution in [3.8, 4) is 17.1 Å². The van der Waals surface area contributed by atoms with E-state index in [2.05, 4.69) is 15.7 Å². The lowest BCUT2D eigenvalue weighted by Crippen LogP contribution is -2.19. The van der Waals surface area contributed by atoms with E-state index in [-0.39, 0.29) is 11.4 Å². The van der Waals surface area contributed by atoms with Crippen LogP contribution in [-0.2, 0) is 0 Å². The van der Waals surface area contributed by atoms with E-state index in [1.807, 2.05) is 30.3 Å². The van der Waals surface area contributed by atoms with Crippen molar-refractivity contribution in [2.24, 2.45) is 5.10 Å². The minimum Gasteiger partial charge on any atom is -0.508 e. The third kappa shape index (κ3) is 3.49. The molecular formula is C18H15N3O3. The Morgan fingerprint density at radius 3 is 2.54 bits per heavy atom. The predicted molar refractivity (Wildman–Crippen MR) is 89.7 cm³/mol. The van der Waals surface area contributed by atoms with Crippen LogP contribution in [0.1, 0.15) is 23.0 Å². The minimum atomic E-state index is -0.459. The maximum absolute atomic E-state index is 12.1. The van der Waals surface area contributed by atoms with Crippen molar-refractivity contribution in [3.63, 3.8) is 0 Å². The first-order valence-electron chi connectivity index (χ1n) is 7.29. The number of hydrogen-bond acceptors (Lipinski definition) is 5. The zero-order valence-corrected chi connectivity index (χ0v) is 12.9. The van der Waals surface area contributed by atoms with Crippen LogP contribution in [0, 0.1) is 0 Å². The maximum atomic E-state index is 12.1. The molecule has 3 rings (SSSR count). The van der Waals surface area contributed by atoms with Crippen LogP contribution in [0.15, 0.2) is 70.3 Å². The molecule has 0 atom stereocenters. The van der Waals surface area contributed by atoms with Gasteiger partial charge in [0.25, 0.3) is 5.91 Å². The Morgan fingerprint density at radius 2 is 1.83 bits per heavy atom. The maximum Gasteiger partial charge on any atom is 0.293 e. The SMILES string of the molecule is CC(=NNC(=O)c1cc(-c2ccccc2)on1)c1ccc(O)cc1. The van der Waals surface area contributed by atoms with E-state index >= 15 is 0 Å². The van der Waals surface area contributed by atoms with Gasteiger partial charge in [-0.3, -0.25) is 4.79 Å². The van der Waals surface area contributed by atoms with Gasteiger partial charge in [0.1, 0.15) is 5.75 Å². The van der Waals surface area contributed by atoms with Crippen molar-refractivity contribution in [1.29, 1.82) is 0 Å². The quantitative estimate of drug-likeness (QED) is 0.570. The van der Waals surface area contributed by atoms with Crippen LogP contribution in [0.2, 0.25) is 0 Å². The van der Waals surface area contributed by atoms with Gasteiger partial charge >= 0.3 is 0 Å². The van der Waals surface area contributed by atoms with Gasteiger partial charge in [-0.25, -0.2) is 5.43 Å². The molecule has 0 aliphatic rings. The summed E-state index contributed by atoms with van der Waals surface area (Å²) in [5.41, 5.74) is 4.83. The van der Waals surface area contributed by atoms with Gasteiger partial charge in [-0.15, -0.1) is 0 Å². The van der Waals surface area contributed by atoms with Crippen LogP contribution in [0.25, 0.3) is 11.3 Å². The van der Waals surface area contributed by atoms with Gasteiger partial charge in [0.15, 0.2) is 11.5 Å². The van der Waals surface area contributed by atoms with Crippen LogP contribution in [0.4, 0.5) is 0 Å². The summed E-state index contributed by atoms with van der Waals surface area (Å²) in [7, 11) is 0. The monoisotopic (exact) mass is 321 g/mol. The largest absolute Gasteiger partial charge is 0.508 e. The summed E-state index contributed by atoms with van der Waals surface area (Å²) in [4.78, 5) is 12.1. The molecule has 6 nitrogen and oxygen atoms in total. The highest BCUT2D eigenvalue weighted by atomic mass is 16.5. The van der Waals surface area contributed by atoms with Crippen molar-refractivity contribution in [3.05, 3.63) is 71.9 Å². The minimum absolute atomic E-state index is 0.149. The summed E-state index contributed by atoms with van der Waals surface area (Å²) in [5.74, 6) is 0.227. The standard InChI is InChI=1S/C18H15N3O3/c1-12(13-7-9-15(22)10-8-13)19-20-18(23)16-11-17(24-21-16)14-5-3-2-4-6-14/h2-11,22H,1H3,(H,20,23). The van der Waals surface area contributed by atoms with E-state index in [1.54, 1.807) is 37.3 Å². The topological polar surface area (TPSA) is 87.7 Å². The molecule has 1 aromatic heterocycles. The Hall–Kier alpha value is -3.41. The van der Waals surface area contributed by atoms with E-state index in [9.17, 15) is 9.90 Å². The van der Waals surface area contributed by atoms with Crippen LogP contribution in [0.5, 0.6) is 5.75 Å². The summed E-state index contributed by atoms with van der Waals surface area (Å²) in [6.45, 7) is 1.75. The molecule has 120 valence electrons. The molecule has 0 aliphatic carbocycles. The molecule has 3 aromatic rings. The van der Waals surface area contributed by atoms with Crippen LogP contribution in [0.3, 0.4) is 0 Å². The number of carbonyl (C=O) groups excluding carboxylic acids is 1. The highest BCUT2D eigenvalue weighted by Gasteiger charge is 2.13. The van der Waals surface area contributed by atoms with E-state index in [1.165, 1.54) is 0 Å². The van der Waals surface area contributed by atoms with Gasteiger partial charge in [-0.05, 0) is 36.8 Å². The number of phenols is 1. The van der Waals surface area contributed by atoms with Crippen molar-refractivity contribution < 1.29 is 14.4 Å². The van der Waals surface area contributed by atoms with Gasteiger partial charge in [-0.1, -0.05) is 35.5 Å². The number of aromatic nitrogens is 1. The number of amides is 1. The number of nitrogens with zero attached hydrogens (tertiary/aromatic N) is 2. The second-order valence-electron chi connectivity index (χ2n) is 5.13. The zero-order chi connectivity index (χ0) is 16.9. The summed E-state index contributed by atoms with van der Waals surface area (Å²) < 4.78 is 5.19. The number of carbonyl (C=O) groups is 1. The lowest BCUT2D eigenvalue weighted by atomic mass is 10.1. The number of hydrogen-bond donors (Lipinski definition) is 2. The molecule has 0 aliphatic heterocycles. The fraction of sp³-hybridized carbons (Fsp3) is 0.0556. The highest BCUT2D eigenvalue weighted by molar-refractivity contribution is 6.00. The summed E-state index contributed by atoms with van der Waals surface area (Å²) in [6.07, 6.45) is 0. The normalized spacial score (nSPS) is 11.3. The molecular weight excluding hydrogens is 306 g/mol. The fourth-order valence-electron chi connectivity index (χ4n) is 2.08. The van der Waals surface area contributed by atoms with Gasteiger partial charge in [0, 0.05) is 11.6 Å². The molecule has 0 unspecified atom stereocenters. The van der Waals surface area contributed by atoms with Crippen molar-refractivity contribution >= 4 is 11.6 Å². The summed E-state index contributed by atoms with van der Waals surface area (Å²) >= 11 is 0. The molecule has 0 saturated heterocycles. The Kier molecular flexibility index (Phi) is 4.38. The third-order valence-electron chi connectivity index (χ3n) is 3.41. The smallest absolute Gasteiger partial charge is 0.293 e. The molecule has 0 spiro atoms. The molecule has 0 fully saturated rings. The van der Waals surface area contributed by atoms with Gasteiger partial charge in [-0.2, -0.15) is 5.10 Å². The molecule has 0 radical (unpaired) electrons. The van der Waals surface area contributed by atoms with E-state index in [0.29, 0.717) is 11.5 Å². The van der Waals surface area contributed by atoms with E-state index in [4.69, 9.17) is 4.52 Å². The van der Waals surface area contributed by atoms with E-state index in [0.717, 1.165) is 11.1 Å². The second-order valence-corrected chi connectivity index (χ2v) is 5.13. The summed E-state index contributed by atoms with van der Waals surface area (Å²) in [5, 5.41) is 17.1. The number of hydrazone groups is 1. The number of nitrogens with one attached hydrogen (secondary N) is 1. The van der Waals surface area contributed by atoms with Crippen LogP contribution >= 0.6 is 0 Å². The summed E-state index contributed by atoms with van der Waals surface area (Å²) in [6, 6.07) is 17.5. The number of rotatable bonds is 4. The molecule has 6 heteroatoms. The number of benzene rings is 2. The molecule has 24 heavy (non-hydrogen) atoms. The average molecular weight is 321 g/mol. The highest BCUT2D eigenvalue weighted by Crippen LogP contribution is 2.19. The van der Waals surface area contributed by atoms with Crippen LogP contribution in [-0.4, -0.2) is 21.9 Å². The fourth-order valence-corrected chi connectivity index (χ4v) is 2.08. The first-order chi connectivity index (χ1) is 11.6. The molecule has 1 amide bonds. The zero-order valence-electron chi connectivity index (χ0n) is 12.9. The van der Waals surface area contributed by atoms with Crippen LogP contribution < -0.4 is 5.43 Å². The number of phenolic OH excluding ortho intramolecular Hbond substituents is 1. The Labute approximate surface area is 138 Å². The predicted octanol–water partition coefficient (Wildman–Crippen LogP) is 3.20. The Balaban J connectivity index is 1.70. The van der Waals surface area contributed by atoms with Crippen molar-refractivity contribution in [1.82, 2.24) is 10.6 Å². The Bertz CT molecular complexity index is 868. The Morgan fingerprint density at radius 1 is 1.12 bits per heavy atom. The van der Waals surface area contributed by atoms with Crippen molar-refractivity contribution in [2.45, 2.75) is 6.92 Å². The van der Waals surface area contributed by atoms with Gasteiger partial charge in [0.05, 0.1) is 5.71 Å². The molecule has 1 heterocycles. The van der Waals surface area contributed by atoms with E-state index < -0.39 is 5.91 Å². The lowest BCUT2D eigenvalue weighted by Gasteiger charge is -2.01. The molecule has 2 N–H and O–H groups in total. The lowest BCUT2D eigenvalue weighted by molar-refractivity contribution is 0.0946. The van der Waals surface area contributed by atoms with Gasteiger partial charge in [0.2, 0.25) is 0 Å². The molecule has 2 aromatic carbocycles. The van der Waals surface area contributed by atoms with Crippen molar-refractivity contribution in [2.75, 3.05) is 0 Å².